The molecule has 0 spiro atoms. The molecule has 14 heavy (non-hydrogen) atoms. The summed E-state index contributed by atoms with van der Waals surface area (Å²) in [5, 5.41) is 0. The third kappa shape index (κ3) is 1.29. The lowest BCUT2D eigenvalue weighted by molar-refractivity contribution is 0.659. The highest BCUT2D eigenvalue weighted by Crippen LogP contribution is 2.13. The monoisotopic (exact) mass is 190 g/mol. The number of aromatic nitrogens is 2. The molecule has 0 aliphatic heterocycles. The van der Waals surface area contributed by atoms with Crippen LogP contribution in [-0.4, -0.2) is 9.55 Å². The number of hydrogen-bond donors (Lipinski definition) is 0. The standard InChI is InChI=1S/C11H14N2O/c1-3-13-8(2)12-10-7-5-4-6-9(10)11(13)14/h4,6H,3,5,7H2,1-2H3. The van der Waals surface area contributed by atoms with Crippen molar-refractivity contribution in [1.82, 2.24) is 9.55 Å². The predicted molar refractivity (Wildman–Crippen MR) is 56.3 cm³/mol. The lowest BCUT2D eigenvalue weighted by Crippen LogP contribution is -2.27. The van der Waals surface area contributed by atoms with Gasteiger partial charge in [-0.25, -0.2) is 4.98 Å². The summed E-state index contributed by atoms with van der Waals surface area (Å²) >= 11 is 0. The molecule has 0 radical (unpaired) electrons. The number of aryl methyl sites for hydroxylation is 2. The molecule has 0 atom stereocenters. The maximum atomic E-state index is 11.9. The van der Waals surface area contributed by atoms with Gasteiger partial charge in [0.15, 0.2) is 0 Å². The highest BCUT2D eigenvalue weighted by Gasteiger charge is 2.13. The van der Waals surface area contributed by atoms with E-state index in [2.05, 4.69) is 4.98 Å². The first-order chi connectivity index (χ1) is 6.74. The molecular weight excluding hydrogens is 176 g/mol. The summed E-state index contributed by atoms with van der Waals surface area (Å²) in [4.78, 5) is 16.4. The Bertz CT molecular complexity index is 443. The summed E-state index contributed by atoms with van der Waals surface area (Å²) in [5.74, 6) is 0.826. The van der Waals surface area contributed by atoms with Gasteiger partial charge < -0.3 is 0 Å². The van der Waals surface area contributed by atoms with Gasteiger partial charge in [0.05, 0.1) is 11.3 Å². The van der Waals surface area contributed by atoms with Gasteiger partial charge in [-0.05, 0) is 26.7 Å². The van der Waals surface area contributed by atoms with Crippen LogP contribution in [0, 0.1) is 6.92 Å². The van der Waals surface area contributed by atoms with Crippen LogP contribution < -0.4 is 5.56 Å². The van der Waals surface area contributed by atoms with Gasteiger partial charge >= 0.3 is 0 Å². The lowest BCUT2D eigenvalue weighted by atomic mass is 10.0. The van der Waals surface area contributed by atoms with Crippen molar-refractivity contribution in [2.45, 2.75) is 33.2 Å². The Morgan fingerprint density at radius 3 is 3.07 bits per heavy atom. The summed E-state index contributed by atoms with van der Waals surface area (Å²) in [5.41, 5.74) is 1.84. The van der Waals surface area contributed by atoms with Crippen LogP contribution in [0.5, 0.6) is 0 Å². The Morgan fingerprint density at radius 2 is 2.36 bits per heavy atom. The second-order valence-electron chi connectivity index (χ2n) is 3.51. The quantitative estimate of drug-likeness (QED) is 0.673. The Morgan fingerprint density at radius 1 is 1.57 bits per heavy atom. The zero-order valence-corrected chi connectivity index (χ0v) is 8.58. The van der Waals surface area contributed by atoms with E-state index >= 15 is 0 Å². The van der Waals surface area contributed by atoms with Gasteiger partial charge in [0.25, 0.3) is 5.56 Å². The molecule has 0 bridgehead atoms. The summed E-state index contributed by atoms with van der Waals surface area (Å²) in [7, 11) is 0. The highest BCUT2D eigenvalue weighted by atomic mass is 16.1. The van der Waals surface area contributed by atoms with Crippen LogP contribution in [0.3, 0.4) is 0 Å². The molecule has 3 nitrogen and oxygen atoms in total. The first-order valence-electron chi connectivity index (χ1n) is 5.01. The van der Waals surface area contributed by atoms with Crippen molar-refractivity contribution in [2.75, 3.05) is 0 Å². The van der Waals surface area contributed by atoms with Crippen LogP contribution in [0.15, 0.2) is 10.9 Å². The summed E-state index contributed by atoms with van der Waals surface area (Å²) < 4.78 is 1.72. The number of fused-ring (bicyclic) bond motifs is 1. The third-order valence-corrected chi connectivity index (χ3v) is 2.62. The third-order valence-electron chi connectivity index (χ3n) is 2.62. The Labute approximate surface area is 83.1 Å². The molecule has 74 valence electrons. The minimum Gasteiger partial charge on any atom is -0.297 e. The predicted octanol–water partition coefficient (Wildman–Crippen LogP) is 1.53. The first-order valence-corrected chi connectivity index (χ1v) is 5.01. The van der Waals surface area contributed by atoms with E-state index in [4.69, 9.17) is 0 Å². The average molecular weight is 190 g/mol. The van der Waals surface area contributed by atoms with Gasteiger partial charge in [0.2, 0.25) is 0 Å². The number of hydrogen-bond acceptors (Lipinski definition) is 2. The number of allylic oxidation sites excluding steroid dienone is 1. The Balaban J connectivity index is 2.72. The van der Waals surface area contributed by atoms with Crippen molar-refractivity contribution in [3.05, 3.63) is 33.5 Å². The molecule has 3 heteroatoms. The van der Waals surface area contributed by atoms with Crippen molar-refractivity contribution in [2.24, 2.45) is 0 Å². The molecule has 0 saturated heterocycles. The molecule has 2 rings (SSSR count). The molecule has 0 unspecified atom stereocenters. The van der Waals surface area contributed by atoms with Crippen molar-refractivity contribution < 1.29 is 0 Å². The molecule has 0 saturated carbocycles. The highest BCUT2D eigenvalue weighted by molar-refractivity contribution is 5.53. The average Bonchev–Trinajstić information content (AvgIpc) is 2.18. The molecule has 1 aromatic rings. The van der Waals surface area contributed by atoms with E-state index in [0.29, 0.717) is 6.54 Å². The maximum Gasteiger partial charge on any atom is 0.261 e. The molecule has 1 aromatic heterocycles. The fraction of sp³-hybridized carbons (Fsp3) is 0.455. The molecule has 0 fully saturated rings. The number of nitrogens with zero attached hydrogens (tertiary/aromatic N) is 2. The SMILES string of the molecule is CCn1c(C)nc2c(c1=O)C=CCC2. The Hall–Kier alpha value is -1.38. The zero-order valence-electron chi connectivity index (χ0n) is 8.58. The fourth-order valence-electron chi connectivity index (χ4n) is 1.88. The van der Waals surface area contributed by atoms with Crippen LogP contribution in [0.25, 0.3) is 6.08 Å². The van der Waals surface area contributed by atoms with Gasteiger partial charge in [-0.15, -0.1) is 0 Å². The van der Waals surface area contributed by atoms with Crippen LogP contribution in [0.2, 0.25) is 0 Å². The van der Waals surface area contributed by atoms with E-state index in [1.165, 1.54) is 0 Å². The first kappa shape index (κ1) is 9.19. The van der Waals surface area contributed by atoms with E-state index < -0.39 is 0 Å². The fourth-order valence-corrected chi connectivity index (χ4v) is 1.88. The number of rotatable bonds is 1. The van der Waals surface area contributed by atoms with E-state index in [0.717, 1.165) is 29.9 Å². The topological polar surface area (TPSA) is 34.9 Å². The minimum atomic E-state index is 0.103. The largest absolute Gasteiger partial charge is 0.297 e. The molecule has 1 heterocycles. The van der Waals surface area contributed by atoms with Crippen LogP contribution in [0.1, 0.15) is 30.4 Å². The van der Waals surface area contributed by atoms with Crippen molar-refractivity contribution in [1.29, 1.82) is 0 Å². The summed E-state index contributed by atoms with van der Waals surface area (Å²) in [6, 6.07) is 0. The van der Waals surface area contributed by atoms with Gasteiger partial charge in [-0.1, -0.05) is 12.2 Å². The van der Waals surface area contributed by atoms with Gasteiger partial charge in [0, 0.05) is 6.54 Å². The van der Waals surface area contributed by atoms with E-state index in [-0.39, 0.29) is 5.56 Å². The van der Waals surface area contributed by atoms with Gasteiger partial charge in [-0.3, -0.25) is 9.36 Å². The van der Waals surface area contributed by atoms with Crippen LogP contribution in [0.4, 0.5) is 0 Å². The van der Waals surface area contributed by atoms with Crippen molar-refractivity contribution in [3.8, 4) is 0 Å². The molecule has 1 aliphatic carbocycles. The molecule has 0 aromatic carbocycles. The zero-order chi connectivity index (χ0) is 10.1. The van der Waals surface area contributed by atoms with E-state index in [9.17, 15) is 4.79 Å². The summed E-state index contributed by atoms with van der Waals surface area (Å²) in [6.45, 7) is 4.55. The molecule has 1 aliphatic rings. The maximum absolute atomic E-state index is 11.9. The summed E-state index contributed by atoms with van der Waals surface area (Å²) in [6.07, 6.45) is 5.84. The van der Waals surface area contributed by atoms with Gasteiger partial charge in [-0.2, -0.15) is 0 Å². The second-order valence-corrected chi connectivity index (χ2v) is 3.51. The smallest absolute Gasteiger partial charge is 0.261 e. The molecular formula is C11H14N2O. The van der Waals surface area contributed by atoms with Crippen LogP contribution in [-0.2, 0) is 13.0 Å². The molecule has 0 N–H and O–H groups in total. The minimum absolute atomic E-state index is 0.103. The normalized spacial score (nSPS) is 14.1. The van der Waals surface area contributed by atoms with Crippen molar-refractivity contribution in [3.63, 3.8) is 0 Å². The van der Waals surface area contributed by atoms with Gasteiger partial charge in [0.1, 0.15) is 5.82 Å². The van der Waals surface area contributed by atoms with Crippen LogP contribution >= 0.6 is 0 Å². The lowest BCUT2D eigenvalue weighted by Gasteiger charge is -2.13. The second kappa shape index (κ2) is 3.40. The van der Waals surface area contributed by atoms with Crippen molar-refractivity contribution >= 4 is 6.08 Å². The van der Waals surface area contributed by atoms with E-state index in [1.807, 2.05) is 26.0 Å². The van der Waals surface area contributed by atoms with E-state index in [1.54, 1.807) is 4.57 Å². The Kier molecular flexibility index (Phi) is 2.23. The molecule has 0 amide bonds.